The summed E-state index contributed by atoms with van der Waals surface area (Å²) in [6, 6.07) is 7.14. The molecule has 2 aromatic heterocycles. The summed E-state index contributed by atoms with van der Waals surface area (Å²) < 4.78 is 12.5. The molecule has 0 unspecified atom stereocenters. The molecule has 0 radical (unpaired) electrons. The van der Waals surface area contributed by atoms with Crippen molar-refractivity contribution in [1.82, 2.24) is 19.5 Å². The van der Waals surface area contributed by atoms with E-state index >= 15 is 0 Å². The van der Waals surface area contributed by atoms with Crippen LogP contribution in [0.2, 0.25) is 0 Å². The van der Waals surface area contributed by atoms with Crippen LogP contribution in [0.15, 0.2) is 35.4 Å². The van der Waals surface area contributed by atoms with Gasteiger partial charge in [0.05, 0.1) is 11.9 Å². The number of ether oxygens (including phenoxy) is 2. The second-order valence-corrected chi connectivity index (χ2v) is 8.72. The van der Waals surface area contributed by atoms with Gasteiger partial charge in [0.15, 0.2) is 17.4 Å². The summed E-state index contributed by atoms with van der Waals surface area (Å²) in [5.74, 6) is -0.682. The maximum atomic E-state index is 12.7. The molecule has 32 heavy (non-hydrogen) atoms. The fourth-order valence-electron chi connectivity index (χ4n) is 3.78. The topological polar surface area (TPSA) is 166 Å². The fraction of sp³-hybridized carbons (Fsp3) is 0.429. The van der Waals surface area contributed by atoms with Crippen LogP contribution in [0.3, 0.4) is 0 Å². The van der Waals surface area contributed by atoms with Crippen LogP contribution in [0.4, 0.5) is 5.95 Å². The number of benzene rings is 1. The molecule has 0 saturated carbocycles. The molecule has 1 aliphatic rings. The smallest absolute Gasteiger partial charge is 0.338 e. The number of aliphatic hydroxyl groups excluding tert-OH is 2. The third-order valence-corrected chi connectivity index (χ3v) is 5.40. The molecule has 4 atom stereocenters. The van der Waals surface area contributed by atoms with Crippen molar-refractivity contribution < 1.29 is 24.5 Å². The van der Waals surface area contributed by atoms with Gasteiger partial charge in [0, 0.05) is 0 Å². The first-order valence-electron chi connectivity index (χ1n) is 10.1. The van der Waals surface area contributed by atoms with Crippen molar-refractivity contribution in [1.29, 1.82) is 0 Å². The number of rotatable bonds is 4. The maximum Gasteiger partial charge on any atom is 0.338 e. The average molecular weight is 443 g/mol. The second-order valence-electron chi connectivity index (χ2n) is 8.72. The lowest BCUT2D eigenvalue weighted by Crippen LogP contribution is -2.34. The Morgan fingerprint density at radius 3 is 2.72 bits per heavy atom. The Hall–Kier alpha value is -3.28. The molecule has 1 saturated heterocycles. The first kappa shape index (κ1) is 21.9. The molecule has 3 heterocycles. The number of carbonyl (C=O) groups is 1. The molecule has 11 heteroatoms. The van der Waals surface area contributed by atoms with E-state index in [0.717, 1.165) is 5.56 Å². The number of imidazole rings is 1. The molecule has 3 aromatic rings. The summed E-state index contributed by atoms with van der Waals surface area (Å²) >= 11 is 0. The standard InChI is InChI=1S/C21H25N5O6/c1-21(2,3)11-7-5-4-6-10(11)19(30)31-8-12-14(27)15(28)18(32-12)26-9-23-13-16(26)24-20(22)25-17(13)29/h4-7,9,12,14-15,18,27-28H,8H2,1-3H3,(H3,22,24,25,29)/t12-,14-,15-,18-/m1/s1. The number of H-pyrrole nitrogens is 1. The molecule has 0 spiro atoms. The van der Waals surface area contributed by atoms with Crippen LogP contribution in [-0.4, -0.2) is 60.6 Å². The van der Waals surface area contributed by atoms with E-state index < -0.39 is 36.1 Å². The molecular formula is C21H25N5O6. The Kier molecular flexibility index (Phi) is 5.49. The Morgan fingerprint density at radius 1 is 1.28 bits per heavy atom. The lowest BCUT2D eigenvalue weighted by atomic mass is 9.84. The summed E-state index contributed by atoms with van der Waals surface area (Å²) in [6.07, 6.45) is -3.56. The number of hydrogen-bond acceptors (Lipinski definition) is 9. The highest BCUT2D eigenvalue weighted by atomic mass is 16.6. The van der Waals surface area contributed by atoms with Crippen molar-refractivity contribution in [3.8, 4) is 0 Å². The highest BCUT2D eigenvalue weighted by Gasteiger charge is 2.45. The number of nitrogen functional groups attached to an aromatic ring is 1. The largest absolute Gasteiger partial charge is 0.459 e. The number of fused-ring (bicyclic) bond motifs is 1. The molecule has 1 fully saturated rings. The molecule has 11 nitrogen and oxygen atoms in total. The van der Waals surface area contributed by atoms with Crippen molar-refractivity contribution in [3.05, 3.63) is 52.1 Å². The van der Waals surface area contributed by atoms with E-state index in [4.69, 9.17) is 15.2 Å². The minimum absolute atomic E-state index is 0.0122. The van der Waals surface area contributed by atoms with Gasteiger partial charge < -0.3 is 25.4 Å². The zero-order valence-corrected chi connectivity index (χ0v) is 17.8. The van der Waals surface area contributed by atoms with Crippen LogP contribution in [0.25, 0.3) is 11.2 Å². The van der Waals surface area contributed by atoms with E-state index in [0.29, 0.717) is 5.56 Å². The van der Waals surface area contributed by atoms with Crippen LogP contribution < -0.4 is 11.3 Å². The van der Waals surface area contributed by atoms with Crippen LogP contribution in [0, 0.1) is 0 Å². The number of nitrogens with one attached hydrogen (secondary N) is 1. The zero-order chi connectivity index (χ0) is 23.2. The summed E-state index contributed by atoms with van der Waals surface area (Å²) in [6.45, 7) is 5.69. The van der Waals surface area contributed by atoms with Crippen LogP contribution in [-0.2, 0) is 14.9 Å². The lowest BCUT2D eigenvalue weighted by Gasteiger charge is -2.22. The van der Waals surface area contributed by atoms with Gasteiger partial charge in [0.25, 0.3) is 5.56 Å². The number of aromatic nitrogens is 4. The Bertz CT molecular complexity index is 1210. The average Bonchev–Trinajstić information content (AvgIpc) is 3.27. The number of esters is 1. The van der Waals surface area contributed by atoms with Gasteiger partial charge in [-0.2, -0.15) is 4.98 Å². The third kappa shape index (κ3) is 3.85. The Balaban J connectivity index is 1.52. The molecule has 0 bridgehead atoms. The predicted octanol–water partition coefficient (Wildman–Crippen LogP) is 0.475. The number of aromatic amines is 1. The monoisotopic (exact) mass is 443 g/mol. The van der Waals surface area contributed by atoms with Crippen LogP contribution >= 0.6 is 0 Å². The molecule has 0 aliphatic carbocycles. The summed E-state index contributed by atoms with van der Waals surface area (Å²) in [4.78, 5) is 35.1. The SMILES string of the molecule is CC(C)(C)c1ccccc1C(=O)OC[C@H]1O[C@@H](n2cnc3c(=O)[nH]c(N)nc32)[C@H](O)[C@@H]1O. The number of nitrogens with two attached hydrogens (primary N) is 1. The van der Waals surface area contributed by atoms with Gasteiger partial charge in [0.1, 0.15) is 24.9 Å². The van der Waals surface area contributed by atoms with Crippen molar-refractivity contribution in [2.45, 2.75) is 50.7 Å². The Labute approximate surface area is 182 Å². The van der Waals surface area contributed by atoms with Gasteiger partial charge in [0.2, 0.25) is 5.95 Å². The third-order valence-electron chi connectivity index (χ3n) is 5.40. The summed E-state index contributed by atoms with van der Waals surface area (Å²) in [5, 5.41) is 21.0. The predicted molar refractivity (Wildman–Crippen MR) is 114 cm³/mol. The van der Waals surface area contributed by atoms with E-state index in [-0.39, 0.29) is 29.1 Å². The van der Waals surface area contributed by atoms with Gasteiger partial charge in [-0.3, -0.25) is 14.3 Å². The van der Waals surface area contributed by atoms with Crippen molar-refractivity contribution >= 4 is 23.1 Å². The van der Waals surface area contributed by atoms with E-state index in [1.54, 1.807) is 12.1 Å². The minimum Gasteiger partial charge on any atom is -0.459 e. The van der Waals surface area contributed by atoms with E-state index in [9.17, 15) is 19.8 Å². The van der Waals surface area contributed by atoms with Gasteiger partial charge in [-0.1, -0.05) is 39.0 Å². The van der Waals surface area contributed by atoms with E-state index in [1.807, 2.05) is 32.9 Å². The molecule has 1 aliphatic heterocycles. The highest BCUT2D eigenvalue weighted by Crippen LogP contribution is 2.32. The molecule has 170 valence electrons. The van der Waals surface area contributed by atoms with Crippen LogP contribution in [0.5, 0.6) is 0 Å². The number of hydrogen-bond donors (Lipinski definition) is 4. The molecular weight excluding hydrogens is 418 g/mol. The lowest BCUT2D eigenvalue weighted by molar-refractivity contribution is -0.0565. The first-order valence-corrected chi connectivity index (χ1v) is 10.1. The number of aliphatic hydroxyl groups is 2. The van der Waals surface area contributed by atoms with Crippen molar-refractivity contribution in [2.24, 2.45) is 0 Å². The number of carbonyl (C=O) groups excluding carboxylic acids is 1. The molecule has 1 aromatic carbocycles. The first-order chi connectivity index (χ1) is 15.1. The van der Waals surface area contributed by atoms with Crippen molar-refractivity contribution in [3.63, 3.8) is 0 Å². The van der Waals surface area contributed by atoms with Gasteiger partial charge in [-0.05, 0) is 17.0 Å². The number of anilines is 1. The van der Waals surface area contributed by atoms with Gasteiger partial charge >= 0.3 is 5.97 Å². The highest BCUT2D eigenvalue weighted by molar-refractivity contribution is 5.91. The second kappa shape index (κ2) is 8.01. The van der Waals surface area contributed by atoms with Gasteiger partial charge in [-0.25, -0.2) is 9.78 Å². The van der Waals surface area contributed by atoms with Gasteiger partial charge in [-0.15, -0.1) is 0 Å². The minimum atomic E-state index is -1.37. The zero-order valence-electron chi connectivity index (χ0n) is 17.8. The molecule has 5 N–H and O–H groups in total. The number of nitrogens with zero attached hydrogens (tertiary/aromatic N) is 3. The fourth-order valence-corrected chi connectivity index (χ4v) is 3.78. The maximum absolute atomic E-state index is 12.7. The molecule has 4 rings (SSSR count). The van der Waals surface area contributed by atoms with Crippen LogP contribution in [0.1, 0.15) is 42.9 Å². The summed E-state index contributed by atoms with van der Waals surface area (Å²) in [5.41, 5.74) is 6.15. The quantitative estimate of drug-likeness (QED) is 0.419. The molecule has 0 amide bonds. The van der Waals surface area contributed by atoms with E-state index in [1.165, 1.54) is 10.9 Å². The van der Waals surface area contributed by atoms with E-state index in [2.05, 4.69) is 15.0 Å². The van der Waals surface area contributed by atoms with Crippen molar-refractivity contribution in [2.75, 3.05) is 12.3 Å². The Morgan fingerprint density at radius 2 is 2.00 bits per heavy atom. The summed E-state index contributed by atoms with van der Waals surface area (Å²) in [7, 11) is 0. The normalized spacial score (nSPS) is 23.5.